The van der Waals surface area contributed by atoms with Crippen LogP contribution < -0.4 is 15.5 Å². The lowest BCUT2D eigenvalue weighted by Gasteiger charge is -2.08. The van der Waals surface area contributed by atoms with E-state index < -0.39 is 5.82 Å². The summed E-state index contributed by atoms with van der Waals surface area (Å²) in [7, 11) is 1.41. The molecule has 0 fully saturated rings. The topological polar surface area (TPSA) is 65.9 Å². The number of halogens is 2. The number of ether oxygens (including phenoxy) is 1. The van der Waals surface area contributed by atoms with Crippen LogP contribution in [0.3, 0.4) is 0 Å². The number of nitrogens with one attached hydrogen (secondary N) is 2. The molecule has 0 bridgehead atoms. The second kappa shape index (κ2) is 7.75. The van der Waals surface area contributed by atoms with Gasteiger partial charge in [0.05, 0.1) is 24.0 Å². The molecule has 23 heavy (non-hydrogen) atoms. The number of benzene rings is 2. The van der Waals surface area contributed by atoms with E-state index in [0.29, 0.717) is 5.56 Å². The number of hydrazone groups is 1. The van der Waals surface area contributed by atoms with Gasteiger partial charge in [-0.15, -0.1) is 0 Å². The summed E-state index contributed by atoms with van der Waals surface area (Å²) >= 11 is 10.9. The van der Waals surface area contributed by atoms with E-state index >= 15 is 0 Å². The third-order valence-corrected chi connectivity index (χ3v) is 3.25. The van der Waals surface area contributed by atoms with Gasteiger partial charge in [0.1, 0.15) is 5.82 Å². The van der Waals surface area contributed by atoms with Crippen LogP contribution in [0.4, 0.5) is 10.1 Å². The fourth-order valence-corrected chi connectivity index (χ4v) is 2.08. The lowest BCUT2D eigenvalue weighted by Crippen LogP contribution is -2.24. The fraction of sp³-hybridized carbons (Fsp3) is 0.0667. The lowest BCUT2D eigenvalue weighted by molar-refractivity contribution is 0.373. The van der Waals surface area contributed by atoms with E-state index in [4.69, 9.17) is 28.6 Å². The number of phenolic OH excluding ortho intramolecular Hbond substituents is 1. The predicted octanol–water partition coefficient (Wildman–Crippen LogP) is 3.51. The lowest BCUT2D eigenvalue weighted by atomic mass is 10.2. The van der Waals surface area contributed by atoms with E-state index in [1.54, 1.807) is 24.3 Å². The van der Waals surface area contributed by atoms with Gasteiger partial charge in [-0.05, 0) is 42.0 Å². The quantitative estimate of drug-likeness (QED) is 0.446. The fourth-order valence-electron chi connectivity index (χ4n) is 1.70. The molecule has 0 amide bonds. The highest BCUT2D eigenvalue weighted by molar-refractivity contribution is 7.80. The SMILES string of the molecule is COc1cc(/C=N/NC(=S)Nc2ccccc2F)cc(Cl)c1O. The number of nitrogens with zero attached hydrogens (tertiary/aromatic N) is 1. The first-order valence-corrected chi connectivity index (χ1v) is 7.21. The summed E-state index contributed by atoms with van der Waals surface area (Å²) in [5.41, 5.74) is 3.39. The summed E-state index contributed by atoms with van der Waals surface area (Å²) in [5.74, 6) is -0.335. The highest BCUT2D eigenvalue weighted by atomic mass is 35.5. The summed E-state index contributed by atoms with van der Waals surface area (Å²) in [4.78, 5) is 0. The number of para-hydroxylation sites is 1. The van der Waals surface area contributed by atoms with E-state index in [0.717, 1.165) is 0 Å². The second-order valence-electron chi connectivity index (χ2n) is 4.36. The molecule has 5 nitrogen and oxygen atoms in total. The van der Waals surface area contributed by atoms with Crippen LogP contribution in [-0.2, 0) is 0 Å². The maximum Gasteiger partial charge on any atom is 0.191 e. The van der Waals surface area contributed by atoms with Gasteiger partial charge in [-0.2, -0.15) is 5.10 Å². The van der Waals surface area contributed by atoms with Crippen LogP contribution in [0.1, 0.15) is 5.56 Å². The van der Waals surface area contributed by atoms with Crippen molar-refractivity contribution in [2.45, 2.75) is 0 Å². The van der Waals surface area contributed by atoms with Crippen LogP contribution in [0.25, 0.3) is 0 Å². The predicted molar refractivity (Wildman–Crippen MR) is 93.0 cm³/mol. The molecule has 8 heteroatoms. The van der Waals surface area contributed by atoms with Crippen molar-refractivity contribution >= 4 is 40.8 Å². The number of hydrogen-bond acceptors (Lipinski definition) is 4. The first-order valence-electron chi connectivity index (χ1n) is 6.42. The van der Waals surface area contributed by atoms with Crippen LogP contribution >= 0.6 is 23.8 Å². The molecule has 0 aliphatic heterocycles. The minimum atomic E-state index is -0.421. The van der Waals surface area contributed by atoms with Gasteiger partial charge in [0.2, 0.25) is 0 Å². The highest BCUT2D eigenvalue weighted by Gasteiger charge is 2.08. The second-order valence-corrected chi connectivity index (χ2v) is 5.17. The summed E-state index contributed by atoms with van der Waals surface area (Å²) in [5, 5.41) is 16.5. The van der Waals surface area contributed by atoms with Crippen molar-refractivity contribution in [2.24, 2.45) is 5.10 Å². The van der Waals surface area contributed by atoms with E-state index in [2.05, 4.69) is 15.8 Å². The van der Waals surface area contributed by atoms with Gasteiger partial charge < -0.3 is 15.2 Å². The molecule has 0 aromatic heterocycles. The first-order chi connectivity index (χ1) is 11.0. The Kier molecular flexibility index (Phi) is 5.72. The average Bonchev–Trinajstić information content (AvgIpc) is 2.53. The van der Waals surface area contributed by atoms with Gasteiger partial charge in [-0.25, -0.2) is 4.39 Å². The van der Waals surface area contributed by atoms with Crippen LogP contribution in [0.15, 0.2) is 41.5 Å². The largest absolute Gasteiger partial charge is 0.503 e. The molecular weight excluding hydrogens is 341 g/mol. The molecule has 0 atom stereocenters. The molecule has 2 aromatic carbocycles. The van der Waals surface area contributed by atoms with Gasteiger partial charge in [0.15, 0.2) is 16.6 Å². The minimum absolute atomic E-state index is 0.128. The minimum Gasteiger partial charge on any atom is -0.503 e. The Balaban J connectivity index is 2.00. The Labute approximate surface area is 142 Å². The molecule has 0 saturated carbocycles. The zero-order valence-electron chi connectivity index (χ0n) is 12.0. The highest BCUT2D eigenvalue weighted by Crippen LogP contribution is 2.34. The van der Waals surface area contributed by atoms with Crippen molar-refractivity contribution in [1.82, 2.24) is 5.43 Å². The summed E-state index contributed by atoms with van der Waals surface area (Å²) in [6, 6.07) is 9.20. The van der Waals surface area contributed by atoms with E-state index in [-0.39, 0.29) is 27.3 Å². The zero-order chi connectivity index (χ0) is 16.8. The first kappa shape index (κ1) is 17.0. The van der Waals surface area contributed by atoms with Crippen LogP contribution in [0.5, 0.6) is 11.5 Å². The molecule has 0 saturated heterocycles. The molecule has 0 spiro atoms. The van der Waals surface area contributed by atoms with Crippen molar-refractivity contribution in [3.63, 3.8) is 0 Å². The molecule has 0 aliphatic carbocycles. The molecule has 0 aliphatic rings. The Morgan fingerprint density at radius 1 is 1.39 bits per heavy atom. The maximum absolute atomic E-state index is 13.5. The molecule has 2 rings (SSSR count). The van der Waals surface area contributed by atoms with Gasteiger partial charge in [0, 0.05) is 0 Å². The summed E-state index contributed by atoms with van der Waals surface area (Å²) < 4.78 is 18.5. The number of methoxy groups -OCH3 is 1. The van der Waals surface area contributed by atoms with Crippen molar-refractivity contribution in [3.05, 3.63) is 52.8 Å². The normalized spacial score (nSPS) is 10.6. The third-order valence-electron chi connectivity index (χ3n) is 2.77. The van der Waals surface area contributed by atoms with Gasteiger partial charge in [-0.3, -0.25) is 5.43 Å². The molecule has 2 aromatic rings. The number of rotatable bonds is 4. The number of hydrogen-bond donors (Lipinski definition) is 3. The molecule has 3 N–H and O–H groups in total. The Hall–Kier alpha value is -2.38. The van der Waals surface area contributed by atoms with Crippen molar-refractivity contribution < 1.29 is 14.2 Å². The Bertz CT molecular complexity index is 755. The molecule has 0 radical (unpaired) electrons. The monoisotopic (exact) mass is 353 g/mol. The van der Waals surface area contributed by atoms with E-state index in [1.165, 1.54) is 25.5 Å². The summed E-state index contributed by atoms with van der Waals surface area (Å²) in [6.07, 6.45) is 1.43. The number of anilines is 1. The van der Waals surface area contributed by atoms with E-state index in [9.17, 15) is 9.50 Å². The van der Waals surface area contributed by atoms with Gasteiger partial charge >= 0.3 is 0 Å². The average molecular weight is 354 g/mol. The van der Waals surface area contributed by atoms with Crippen LogP contribution in [0, 0.1) is 5.82 Å². The Morgan fingerprint density at radius 2 is 2.13 bits per heavy atom. The summed E-state index contributed by atoms with van der Waals surface area (Å²) in [6.45, 7) is 0. The standard InChI is InChI=1S/C15H13ClFN3O2S/c1-22-13-7-9(6-10(16)14(13)21)8-18-20-15(23)19-12-5-3-2-4-11(12)17/h2-8,21H,1H3,(H2,19,20,23)/b18-8+. The van der Waals surface area contributed by atoms with Gasteiger partial charge in [0.25, 0.3) is 0 Å². The Morgan fingerprint density at radius 3 is 2.83 bits per heavy atom. The van der Waals surface area contributed by atoms with Crippen LogP contribution in [0.2, 0.25) is 5.02 Å². The molecule has 0 heterocycles. The number of thiocarbonyl (C=S) groups is 1. The maximum atomic E-state index is 13.5. The number of aromatic hydroxyl groups is 1. The zero-order valence-corrected chi connectivity index (χ0v) is 13.6. The molecule has 120 valence electrons. The van der Waals surface area contributed by atoms with Crippen molar-refractivity contribution in [1.29, 1.82) is 0 Å². The smallest absolute Gasteiger partial charge is 0.191 e. The molecule has 0 unspecified atom stereocenters. The van der Waals surface area contributed by atoms with Crippen LogP contribution in [-0.4, -0.2) is 23.5 Å². The van der Waals surface area contributed by atoms with Gasteiger partial charge in [-0.1, -0.05) is 23.7 Å². The van der Waals surface area contributed by atoms with E-state index in [1.807, 2.05) is 0 Å². The van der Waals surface area contributed by atoms with Crippen molar-refractivity contribution in [2.75, 3.05) is 12.4 Å². The van der Waals surface area contributed by atoms with Crippen molar-refractivity contribution in [3.8, 4) is 11.5 Å². The molecular formula is C15H13ClFN3O2S. The number of phenols is 1. The third kappa shape index (κ3) is 4.54.